The van der Waals surface area contributed by atoms with E-state index in [0.717, 1.165) is 17.1 Å². The standard InChI is InChI=1S/C18H17FN8O/c1-20-18-13(19)8-21-16(24-18)11-7-22-27(9-11)10-15(28)23-17-12-5-3-4-6-14(12)26(2)25-17/h3-9H,10H2,1-2H3,(H,20,21,24)(H,23,25,28). The molecule has 2 N–H and O–H groups in total. The summed E-state index contributed by atoms with van der Waals surface area (Å²) in [6, 6.07) is 7.63. The van der Waals surface area contributed by atoms with Crippen LogP contribution >= 0.6 is 0 Å². The van der Waals surface area contributed by atoms with Crippen molar-refractivity contribution < 1.29 is 9.18 Å². The Bertz CT molecular complexity index is 1170. The highest BCUT2D eigenvalue weighted by atomic mass is 19.1. The Balaban J connectivity index is 1.50. The first-order chi connectivity index (χ1) is 13.5. The Morgan fingerprint density at radius 1 is 1.21 bits per heavy atom. The quantitative estimate of drug-likeness (QED) is 0.549. The van der Waals surface area contributed by atoms with Crippen molar-refractivity contribution in [1.29, 1.82) is 0 Å². The summed E-state index contributed by atoms with van der Waals surface area (Å²) in [5, 5.41) is 14.8. The molecule has 1 aromatic carbocycles. The Morgan fingerprint density at radius 2 is 2.04 bits per heavy atom. The van der Waals surface area contributed by atoms with Crippen LogP contribution in [0.1, 0.15) is 0 Å². The van der Waals surface area contributed by atoms with Gasteiger partial charge in [0, 0.05) is 25.7 Å². The van der Waals surface area contributed by atoms with Gasteiger partial charge in [-0.3, -0.25) is 14.2 Å². The van der Waals surface area contributed by atoms with Gasteiger partial charge >= 0.3 is 0 Å². The highest BCUT2D eigenvalue weighted by molar-refractivity contribution is 5.99. The number of benzene rings is 1. The molecule has 28 heavy (non-hydrogen) atoms. The van der Waals surface area contributed by atoms with Crippen molar-refractivity contribution in [3.63, 3.8) is 0 Å². The number of aromatic nitrogens is 6. The SMILES string of the molecule is CNc1nc(-c2cnn(CC(=O)Nc3nn(C)c4ccccc34)c2)ncc1F. The highest BCUT2D eigenvalue weighted by Gasteiger charge is 2.13. The molecular formula is C18H17FN8O. The zero-order chi connectivity index (χ0) is 19.7. The second kappa shape index (κ2) is 7.06. The molecule has 4 aromatic rings. The molecule has 0 atom stereocenters. The predicted octanol–water partition coefficient (Wildman–Crippen LogP) is 2.05. The number of anilines is 2. The van der Waals surface area contributed by atoms with Crippen LogP contribution in [0.15, 0.2) is 42.9 Å². The topological polar surface area (TPSA) is 103 Å². The molecule has 0 saturated heterocycles. The second-order valence-electron chi connectivity index (χ2n) is 6.10. The summed E-state index contributed by atoms with van der Waals surface area (Å²) in [5.41, 5.74) is 1.50. The van der Waals surface area contributed by atoms with E-state index in [-0.39, 0.29) is 18.3 Å². The average Bonchev–Trinajstić information content (AvgIpc) is 3.27. The van der Waals surface area contributed by atoms with Crippen molar-refractivity contribution in [3.8, 4) is 11.4 Å². The van der Waals surface area contributed by atoms with Crippen LogP contribution in [0.25, 0.3) is 22.3 Å². The number of carbonyl (C=O) groups excluding carboxylic acids is 1. The van der Waals surface area contributed by atoms with Gasteiger partial charge in [0.15, 0.2) is 23.3 Å². The molecule has 0 spiro atoms. The lowest BCUT2D eigenvalue weighted by Crippen LogP contribution is -2.19. The van der Waals surface area contributed by atoms with Gasteiger partial charge in [-0.05, 0) is 12.1 Å². The lowest BCUT2D eigenvalue weighted by molar-refractivity contribution is -0.116. The maximum absolute atomic E-state index is 13.5. The summed E-state index contributed by atoms with van der Waals surface area (Å²) >= 11 is 0. The largest absolute Gasteiger partial charge is 0.371 e. The molecule has 0 saturated carbocycles. The minimum absolute atomic E-state index is 0.00895. The third-order valence-corrected chi connectivity index (χ3v) is 4.19. The van der Waals surface area contributed by atoms with Crippen LogP contribution in [0.2, 0.25) is 0 Å². The fraction of sp³-hybridized carbons (Fsp3) is 0.167. The molecule has 1 amide bonds. The third kappa shape index (κ3) is 3.27. The maximum atomic E-state index is 13.5. The number of rotatable bonds is 5. The zero-order valence-corrected chi connectivity index (χ0v) is 15.2. The van der Waals surface area contributed by atoms with Crippen LogP contribution in [0.5, 0.6) is 0 Å². The van der Waals surface area contributed by atoms with E-state index in [9.17, 15) is 9.18 Å². The summed E-state index contributed by atoms with van der Waals surface area (Å²) in [6.07, 6.45) is 4.24. The number of hydrogen-bond acceptors (Lipinski definition) is 6. The van der Waals surface area contributed by atoms with E-state index in [2.05, 4.69) is 30.8 Å². The van der Waals surface area contributed by atoms with Crippen LogP contribution in [0, 0.1) is 5.82 Å². The van der Waals surface area contributed by atoms with Crippen LogP contribution in [-0.2, 0) is 18.4 Å². The Labute approximate surface area is 159 Å². The van der Waals surface area contributed by atoms with Crippen molar-refractivity contribution in [1.82, 2.24) is 29.5 Å². The summed E-state index contributed by atoms with van der Waals surface area (Å²) in [6.45, 7) is -0.00895. The number of halogens is 1. The molecule has 142 valence electrons. The number of nitrogens with zero attached hydrogens (tertiary/aromatic N) is 6. The van der Waals surface area contributed by atoms with Gasteiger partial charge in [-0.1, -0.05) is 12.1 Å². The van der Waals surface area contributed by atoms with Crippen LogP contribution in [0.3, 0.4) is 0 Å². The van der Waals surface area contributed by atoms with E-state index >= 15 is 0 Å². The molecule has 0 bridgehead atoms. The van der Waals surface area contributed by atoms with E-state index in [1.165, 1.54) is 10.9 Å². The molecule has 0 aliphatic rings. The van der Waals surface area contributed by atoms with Gasteiger partial charge in [-0.2, -0.15) is 10.2 Å². The van der Waals surface area contributed by atoms with Gasteiger partial charge in [-0.15, -0.1) is 0 Å². The number of para-hydroxylation sites is 1. The lowest BCUT2D eigenvalue weighted by Gasteiger charge is -2.03. The van der Waals surface area contributed by atoms with Gasteiger partial charge in [0.05, 0.1) is 23.5 Å². The van der Waals surface area contributed by atoms with Gasteiger partial charge in [0.2, 0.25) is 5.91 Å². The number of nitrogens with one attached hydrogen (secondary N) is 2. The average molecular weight is 380 g/mol. The van der Waals surface area contributed by atoms with Crippen molar-refractivity contribution in [3.05, 3.63) is 48.7 Å². The van der Waals surface area contributed by atoms with E-state index in [1.54, 1.807) is 17.9 Å². The van der Waals surface area contributed by atoms with Crippen molar-refractivity contribution in [2.75, 3.05) is 17.7 Å². The molecule has 0 fully saturated rings. The summed E-state index contributed by atoms with van der Waals surface area (Å²) in [7, 11) is 3.39. The first-order valence-electron chi connectivity index (χ1n) is 8.50. The summed E-state index contributed by atoms with van der Waals surface area (Å²) in [5.74, 6) is 0.0942. The minimum atomic E-state index is -0.541. The normalized spacial score (nSPS) is 11.0. The van der Waals surface area contributed by atoms with Gasteiger partial charge in [0.25, 0.3) is 0 Å². The zero-order valence-electron chi connectivity index (χ0n) is 15.2. The Morgan fingerprint density at radius 3 is 2.86 bits per heavy atom. The monoisotopic (exact) mass is 380 g/mol. The molecule has 0 radical (unpaired) electrons. The molecule has 3 aromatic heterocycles. The molecule has 0 aliphatic heterocycles. The number of carbonyl (C=O) groups is 1. The summed E-state index contributed by atoms with van der Waals surface area (Å²) in [4.78, 5) is 20.5. The van der Waals surface area contributed by atoms with Crippen LogP contribution < -0.4 is 10.6 Å². The highest BCUT2D eigenvalue weighted by Crippen LogP contribution is 2.22. The minimum Gasteiger partial charge on any atom is -0.371 e. The van der Waals surface area contributed by atoms with Gasteiger partial charge in [0.1, 0.15) is 6.54 Å². The van der Waals surface area contributed by atoms with Crippen molar-refractivity contribution in [2.24, 2.45) is 7.05 Å². The Hall–Kier alpha value is -3.82. The van der Waals surface area contributed by atoms with Gasteiger partial charge < -0.3 is 10.6 Å². The third-order valence-electron chi connectivity index (χ3n) is 4.19. The molecule has 0 unspecified atom stereocenters. The van der Waals surface area contributed by atoms with Crippen LogP contribution in [0.4, 0.5) is 16.0 Å². The van der Waals surface area contributed by atoms with E-state index < -0.39 is 5.82 Å². The molecule has 10 heteroatoms. The molecule has 4 rings (SSSR count). The fourth-order valence-electron chi connectivity index (χ4n) is 2.87. The fourth-order valence-corrected chi connectivity index (χ4v) is 2.87. The molecule has 3 heterocycles. The number of fused-ring (bicyclic) bond motifs is 1. The predicted molar refractivity (Wildman–Crippen MR) is 102 cm³/mol. The Kier molecular flexibility index (Phi) is 4.44. The van der Waals surface area contributed by atoms with Gasteiger partial charge in [-0.25, -0.2) is 14.4 Å². The first-order valence-corrected chi connectivity index (χ1v) is 8.50. The first kappa shape index (κ1) is 17.6. The van der Waals surface area contributed by atoms with E-state index in [1.807, 2.05) is 31.3 Å². The van der Waals surface area contributed by atoms with Crippen LogP contribution in [-0.4, -0.2) is 42.5 Å². The summed E-state index contributed by atoms with van der Waals surface area (Å²) < 4.78 is 16.7. The molecular weight excluding hydrogens is 363 g/mol. The number of hydrogen-bond donors (Lipinski definition) is 2. The van der Waals surface area contributed by atoms with E-state index in [0.29, 0.717) is 17.2 Å². The second-order valence-corrected chi connectivity index (χ2v) is 6.10. The smallest absolute Gasteiger partial charge is 0.247 e. The maximum Gasteiger partial charge on any atom is 0.247 e. The molecule has 0 aliphatic carbocycles. The number of aryl methyl sites for hydroxylation is 1. The lowest BCUT2D eigenvalue weighted by atomic mass is 10.2. The number of amides is 1. The van der Waals surface area contributed by atoms with Crippen molar-refractivity contribution in [2.45, 2.75) is 6.54 Å². The molecule has 9 nitrogen and oxygen atoms in total. The van der Waals surface area contributed by atoms with Crippen molar-refractivity contribution >= 4 is 28.4 Å². The van der Waals surface area contributed by atoms with E-state index in [4.69, 9.17) is 0 Å².